The minimum atomic E-state index is -0.494. The SMILES string of the molecule is Cc1cc(C(=O)N(C)[C@@H]2CCCC[C@H]2O)ccc1[N+](=O)[O-]. The highest BCUT2D eigenvalue weighted by atomic mass is 16.6. The number of aliphatic hydroxyl groups excluding tert-OH is 1. The molecule has 1 fully saturated rings. The average molecular weight is 292 g/mol. The third-order valence-electron chi connectivity index (χ3n) is 4.15. The van der Waals surface area contributed by atoms with Gasteiger partial charge in [0.05, 0.1) is 17.1 Å². The van der Waals surface area contributed by atoms with E-state index in [2.05, 4.69) is 0 Å². The van der Waals surface area contributed by atoms with E-state index in [-0.39, 0.29) is 17.6 Å². The standard InChI is InChI=1S/C15H20N2O4/c1-10-9-11(7-8-12(10)17(20)21)15(19)16(2)13-5-3-4-6-14(13)18/h7-9,13-14,18H,3-6H2,1-2H3/t13-,14-/m1/s1. The molecule has 1 aromatic carbocycles. The number of aryl methyl sites for hydroxylation is 1. The van der Waals surface area contributed by atoms with Crippen molar-refractivity contribution < 1.29 is 14.8 Å². The maximum absolute atomic E-state index is 12.5. The molecule has 1 aromatic rings. The number of hydrogen-bond donors (Lipinski definition) is 1. The Morgan fingerprint density at radius 2 is 2.05 bits per heavy atom. The number of benzene rings is 1. The summed E-state index contributed by atoms with van der Waals surface area (Å²) in [7, 11) is 1.68. The Balaban J connectivity index is 2.19. The highest BCUT2D eigenvalue weighted by Gasteiger charge is 2.30. The molecule has 0 aliphatic heterocycles. The molecule has 0 radical (unpaired) electrons. The van der Waals surface area contributed by atoms with Crippen molar-refractivity contribution in [2.75, 3.05) is 7.05 Å². The summed E-state index contributed by atoms with van der Waals surface area (Å²) in [5, 5.41) is 20.8. The number of hydrogen-bond acceptors (Lipinski definition) is 4. The molecule has 21 heavy (non-hydrogen) atoms. The number of amides is 1. The molecule has 1 aliphatic carbocycles. The number of likely N-dealkylation sites (N-methyl/N-ethyl adjacent to an activating group) is 1. The van der Waals surface area contributed by atoms with Gasteiger partial charge in [0.1, 0.15) is 0 Å². The van der Waals surface area contributed by atoms with Gasteiger partial charge in [-0.2, -0.15) is 0 Å². The molecule has 0 bridgehead atoms. The van der Waals surface area contributed by atoms with Gasteiger partial charge in [0.2, 0.25) is 0 Å². The van der Waals surface area contributed by atoms with Crippen LogP contribution in [0.1, 0.15) is 41.6 Å². The predicted octanol–water partition coefficient (Wildman–Crippen LogP) is 2.28. The molecular formula is C15H20N2O4. The monoisotopic (exact) mass is 292 g/mol. The van der Waals surface area contributed by atoms with Crippen molar-refractivity contribution in [3.8, 4) is 0 Å². The molecule has 0 spiro atoms. The third kappa shape index (κ3) is 3.21. The fourth-order valence-corrected chi connectivity index (χ4v) is 2.89. The molecule has 0 aromatic heterocycles. The molecule has 1 N–H and O–H groups in total. The van der Waals surface area contributed by atoms with Crippen LogP contribution in [0.2, 0.25) is 0 Å². The van der Waals surface area contributed by atoms with E-state index in [0.29, 0.717) is 17.5 Å². The van der Waals surface area contributed by atoms with Crippen LogP contribution < -0.4 is 0 Å². The quantitative estimate of drug-likeness (QED) is 0.684. The summed E-state index contributed by atoms with van der Waals surface area (Å²) in [6.07, 6.45) is 2.98. The van der Waals surface area contributed by atoms with Crippen molar-refractivity contribution >= 4 is 11.6 Å². The molecule has 114 valence electrons. The Bertz CT molecular complexity index is 559. The molecule has 1 amide bonds. The fraction of sp³-hybridized carbons (Fsp3) is 0.533. The second-order valence-corrected chi connectivity index (χ2v) is 5.59. The van der Waals surface area contributed by atoms with Crippen LogP contribution in [0.3, 0.4) is 0 Å². The van der Waals surface area contributed by atoms with E-state index < -0.39 is 11.0 Å². The zero-order valence-corrected chi connectivity index (χ0v) is 12.3. The lowest BCUT2D eigenvalue weighted by molar-refractivity contribution is -0.385. The second-order valence-electron chi connectivity index (χ2n) is 5.59. The summed E-state index contributed by atoms with van der Waals surface area (Å²) >= 11 is 0. The number of carbonyl (C=O) groups is 1. The van der Waals surface area contributed by atoms with Crippen molar-refractivity contribution in [2.45, 2.75) is 44.8 Å². The van der Waals surface area contributed by atoms with Crippen LogP contribution in [0.4, 0.5) is 5.69 Å². The van der Waals surface area contributed by atoms with Gasteiger partial charge in [-0.25, -0.2) is 0 Å². The lowest BCUT2D eigenvalue weighted by Crippen LogP contribution is -2.46. The number of nitrogens with zero attached hydrogens (tertiary/aromatic N) is 2. The Morgan fingerprint density at radius 1 is 1.38 bits per heavy atom. The van der Waals surface area contributed by atoms with Gasteiger partial charge in [0, 0.05) is 24.2 Å². The lowest BCUT2D eigenvalue weighted by Gasteiger charge is -2.35. The zero-order valence-electron chi connectivity index (χ0n) is 12.3. The van der Waals surface area contributed by atoms with Gasteiger partial charge in [-0.05, 0) is 31.9 Å². The topological polar surface area (TPSA) is 83.7 Å². The van der Waals surface area contributed by atoms with Crippen LogP contribution in [0, 0.1) is 17.0 Å². The number of nitro groups is 1. The number of rotatable bonds is 3. The Morgan fingerprint density at radius 3 is 2.62 bits per heavy atom. The van der Waals surface area contributed by atoms with E-state index >= 15 is 0 Å². The summed E-state index contributed by atoms with van der Waals surface area (Å²) in [5.41, 5.74) is 0.883. The van der Waals surface area contributed by atoms with Gasteiger partial charge in [-0.15, -0.1) is 0 Å². The summed E-state index contributed by atoms with van der Waals surface area (Å²) < 4.78 is 0. The normalized spacial score (nSPS) is 21.9. The molecule has 0 saturated heterocycles. The Labute approximate surface area is 123 Å². The molecule has 6 heteroatoms. The van der Waals surface area contributed by atoms with E-state index in [4.69, 9.17) is 0 Å². The number of carbonyl (C=O) groups excluding carboxylic acids is 1. The van der Waals surface area contributed by atoms with E-state index in [1.54, 1.807) is 18.9 Å². The van der Waals surface area contributed by atoms with Crippen molar-refractivity contribution in [3.05, 3.63) is 39.4 Å². The molecule has 1 aliphatic rings. The zero-order chi connectivity index (χ0) is 15.6. The van der Waals surface area contributed by atoms with E-state index in [1.807, 2.05) is 0 Å². The first kappa shape index (κ1) is 15.4. The summed E-state index contributed by atoms with van der Waals surface area (Å²) in [5.74, 6) is -0.209. The van der Waals surface area contributed by atoms with Crippen LogP contribution in [-0.4, -0.2) is 40.0 Å². The molecule has 2 atom stereocenters. The van der Waals surface area contributed by atoms with Crippen LogP contribution in [-0.2, 0) is 0 Å². The summed E-state index contributed by atoms with van der Waals surface area (Å²) in [6.45, 7) is 1.62. The molecule has 0 heterocycles. The molecule has 1 saturated carbocycles. The first-order valence-electron chi connectivity index (χ1n) is 7.12. The lowest BCUT2D eigenvalue weighted by atomic mass is 9.91. The van der Waals surface area contributed by atoms with Gasteiger partial charge >= 0.3 is 0 Å². The molecule has 6 nitrogen and oxygen atoms in total. The smallest absolute Gasteiger partial charge is 0.272 e. The van der Waals surface area contributed by atoms with Gasteiger partial charge in [0.15, 0.2) is 0 Å². The van der Waals surface area contributed by atoms with Crippen LogP contribution in [0.5, 0.6) is 0 Å². The van der Waals surface area contributed by atoms with Crippen molar-refractivity contribution in [1.82, 2.24) is 4.90 Å². The first-order valence-corrected chi connectivity index (χ1v) is 7.12. The van der Waals surface area contributed by atoms with Crippen molar-refractivity contribution in [1.29, 1.82) is 0 Å². The maximum Gasteiger partial charge on any atom is 0.272 e. The van der Waals surface area contributed by atoms with Crippen LogP contribution in [0.25, 0.3) is 0 Å². The van der Waals surface area contributed by atoms with Crippen LogP contribution >= 0.6 is 0 Å². The Kier molecular flexibility index (Phi) is 4.57. The van der Waals surface area contributed by atoms with Gasteiger partial charge < -0.3 is 10.0 Å². The predicted molar refractivity (Wildman–Crippen MR) is 78.2 cm³/mol. The maximum atomic E-state index is 12.5. The first-order chi connectivity index (χ1) is 9.91. The van der Waals surface area contributed by atoms with E-state index in [1.165, 1.54) is 18.2 Å². The van der Waals surface area contributed by atoms with Crippen molar-refractivity contribution in [2.24, 2.45) is 0 Å². The number of nitro benzene ring substituents is 1. The second kappa shape index (κ2) is 6.22. The van der Waals surface area contributed by atoms with E-state index in [0.717, 1.165) is 19.3 Å². The third-order valence-corrected chi connectivity index (χ3v) is 4.15. The molecule has 0 unspecified atom stereocenters. The minimum Gasteiger partial charge on any atom is -0.391 e. The van der Waals surface area contributed by atoms with Crippen molar-refractivity contribution in [3.63, 3.8) is 0 Å². The average Bonchev–Trinajstić information content (AvgIpc) is 2.45. The van der Waals surface area contributed by atoms with Crippen LogP contribution in [0.15, 0.2) is 18.2 Å². The van der Waals surface area contributed by atoms with Gasteiger partial charge in [0.25, 0.3) is 11.6 Å². The highest BCUT2D eigenvalue weighted by Crippen LogP contribution is 2.25. The summed E-state index contributed by atoms with van der Waals surface area (Å²) in [6, 6.07) is 4.18. The van der Waals surface area contributed by atoms with Gasteiger partial charge in [-0.3, -0.25) is 14.9 Å². The van der Waals surface area contributed by atoms with E-state index in [9.17, 15) is 20.0 Å². The fourth-order valence-electron chi connectivity index (χ4n) is 2.89. The largest absolute Gasteiger partial charge is 0.391 e. The summed E-state index contributed by atoms with van der Waals surface area (Å²) in [4.78, 5) is 24.4. The Hall–Kier alpha value is -1.95. The molecular weight excluding hydrogens is 272 g/mol. The minimum absolute atomic E-state index is 0.00639. The highest BCUT2D eigenvalue weighted by molar-refractivity contribution is 5.94. The van der Waals surface area contributed by atoms with Gasteiger partial charge in [-0.1, -0.05) is 12.8 Å². The molecule has 2 rings (SSSR count). The number of aliphatic hydroxyl groups is 1.